The molecule has 0 aliphatic heterocycles. The van der Waals surface area contributed by atoms with E-state index in [4.69, 9.17) is 0 Å². The molecule has 1 aliphatic carbocycles. The highest BCUT2D eigenvalue weighted by Crippen LogP contribution is 2.23. The second-order valence-electron chi connectivity index (χ2n) is 10.7. The third kappa shape index (κ3) is 8.61. The smallest absolute Gasteiger partial charge is 0.243 e. The molecule has 3 aromatic rings. The molecule has 0 radical (unpaired) electrons. The molecule has 1 atom stereocenters. The van der Waals surface area contributed by atoms with Crippen molar-refractivity contribution in [2.75, 3.05) is 17.1 Å². The molecule has 3 aromatic carbocycles. The summed E-state index contributed by atoms with van der Waals surface area (Å²) in [6, 6.07) is 20.0. The van der Waals surface area contributed by atoms with Crippen LogP contribution < -0.4 is 9.62 Å². The fourth-order valence-electron chi connectivity index (χ4n) is 5.34. The van der Waals surface area contributed by atoms with Gasteiger partial charge >= 0.3 is 0 Å². The van der Waals surface area contributed by atoms with Crippen molar-refractivity contribution in [3.63, 3.8) is 0 Å². The number of sulfonamides is 1. The van der Waals surface area contributed by atoms with Gasteiger partial charge in [0, 0.05) is 32.0 Å². The maximum Gasteiger partial charge on any atom is 0.243 e. The summed E-state index contributed by atoms with van der Waals surface area (Å²) in [6.07, 6.45) is 5.12. The molecule has 10 heteroatoms. The average Bonchev–Trinajstić information content (AvgIpc) is 3.47. The lowest BCUT2D eigenvalue weighted by molar-refractivity contribution is -0.141. The molecule has 4 rings (SSSR count). The molecule has 2 amide bonds. The predicted octanol–water partition coefficient (Wildman–Crippen LogP) is 5.21. The maximum absolute atomic E-state index is 14.5. The summed E-state index contributed by atoms with van der Waals surface area (Å²) in [5.74, 6) is -1.71. The van der Waals surface area contributed by atoms with Crippen LogP contribution in [0.4, 0.5) is 14.5 Å². The molecule has 0 bridgehead atoms. The van der Waals surface area contributed by atoms with E-state index < -0.39 is 27.7 Å². The highest BCUT2D eigenvalue weighted by Gasteiger charge is 2.32. The van der Waals surface area contributed by atoms with Gasteiger partial charge in [0.2, 0.25) is 21.8 Å². The zero-order valence-corrected chi connectivity index (χ0v) is 24.5. The number of carbonyl (C=O) groups is 2. The zero-order valence-electron chi connectivity index (χ0n) is 23.7. The number of amides is 2. The number of hydrogen-bond donors (Lipinski definition) is 1. The third-order valence-electron chi connectivity index (χ3n) is 7.51. The Labute approximate surface area is 246 Å². The van der Waals surface area contributed by atoms with Crippen molar-refractivity contribution in [2.24, 2.45) is 0 Å². The van der Waals surface area contributed by atoms with Crippen LogP contribution in [0.25, 0.3) is 0 Å². The van der Waals surface area contributed by atoms with E-state index in [1.807, 2.05) is 30.3 Å². The van der Waals surface area contributed by atoms with Crippen molar-refractivity contribution in [1.29, 1.82) is 0 Å². The van der Waals surface area contributed by atoms with Gasteiger partial charge in [-0.05, 0) is 54.7 Å². The van der Waals surface area contributed by atoms with E-state index in [0.717, 1.165) is 41.8 Å². The van der Waals surface area contributed by atoms with Crippen LogP contribution >= 0.6 is 0 Å². The van der Waals surface area contributed by atoms with Crippen molar-refractivity contribution < 1.29 is 26.8 Å². The molecule has 0 saturated heterocycles. The SMILES string of the molecule is CS(=O)(=O)N(CCCC(=O)N(Cc1ccc(F)cc1)[C@@H](Cc1ccccc1)C(=O)NC1CCCC1)c1ccccc1F. The minimum atomic E-state index is -3.83. The molecule has 1 fully saturated rings. The summed E-state index contributed by atoms with van der Waals surface area (Å²) < 4.78 is 54.1. The van der Waals surface area contributed by atoms with Crippen molar-refractivity contribution in [2.45, 2.75) is 63.6 Å². The molecule has 1 saturated carbocycles. The normalized spacial score (nSPS) is 14.4. The van der Waals surface area contributed by atoms with Crippen LogP contribution in [0.15, 0.2) is 78.9 Å². The summed E-state index contributed by atoms with van der Waals surface area (Å²) in [7, 11) is -3.83. The third-order valence-corrected chi connectivity index (χ3v) is 8.69. The first-order valence-corrected chi connectivity index (χ1v) is 16.1. The van der Waals surface area contributed by atoms with E-state index in [1.165, 1.54) is 35.2 Å². The molecular formula is C32H37F2N3O4S. The highest BCUT2D eigenvalue weighted by atomic mass is 32.2. The van der Waals surface area contributed by atoms with Crippen LogP contribution in [-0.4, -0.2) is 50.0 Å². The minimum Gasteiger partial charge on any atom is -0.352 e. The first-order valence-electron chi connectivity index (χ1n) is 14.2. The van der Waals surface area contributed by atoms with Gasteiger partial charge in [-0.15, -0.1) is 0 Å². The summed E-state index contributed by atoms with van der Waals surface area (Å²) >= 11 is 0. The quantitative estimate of drug-likeness (QED) is 0.293. The van der Waals surface area contributed by atoms with E-state index in [-0.39, 0.29) is 55.9 Å². The molecule has 42 heavy (non-hydrogen) atoms. The Hall–Kier alpha value is -3.79. The van der Waals surface area contributed by atoms with Crippen LogP contribution in [0.1, 0.15) is 49.7 Å². The fourth-order valence-corrected chi connectivity index (χ4v) is 6.31. The highest BCUT2D eigenvalue weighted by molar-refractivity contribution is 7.92. The van der Waals surface area contributed by atoms with Gasteiger partial charge in [0.15, 0.2) is 0 Å². The number of nitrogens with zero attached hydrogens (tertiary/aromatic N) is 2. The number of anilines is 1. The van der Waals surface area contributed by atoms with Crippen molar-refractivity contribution >= 4 is 27.5 Å². The van der Waals surface area contributed by atoms with Gasteiger partial charge < -0.3 is 10.2 Å². The lowest BCUT2D eigenvalue weighted by Crippen LogP contribution is -2.52. The molecule has 224 valence electrons. The number of hydrogen-bond acceptors (Lipinski definition) is 4. The summed E-state index contributed by atoms with van der Waals surface area (Å²) in [5, 5.41) is 3.13. The Balaban J connectivity index is 1.59. The number of para-hydroxylation sites is 1. The zero-order chi connectivity index (χ0) is 30.1. The van der Waals surface area contributed by atoms with E-state index in [9.17, 15) is 26.8 Å². The Morgan fingerprint density at radius 3 is 2.19 bits per heavy atom. The Morgan fingerprint density at radius 2 is 1.55 bits per heavy atom. The van der Waals surface area contributed by atoms with Crippen LogP contribution in [0, 0.1) is 11.6 Å². The lowest BCUT2D eigenvalue weighted by Gasteiger charge is -2.33. The molecule has 0 spiro atoms. The number of nitrogens with one attached hydrogen (secondary N) is 1. The van der Waals surface area contributed by atoms with Gasteiger partial charge in [-0.3, -0.25) is 13.9 Å². The van der Waals surface area contributed by atoms with E-state index in [1.54, 1.807) is 18.2 Å². The Morgan fingerprint density at radius 1 is 0.905 bits per heavy atom. The topological polar surface area (TPSA) is 86.8 Å². The van der Waals surface area contributed by atoms with Crippen LogP contribution in [0.3, 0.4) is 0 Å². The number of halogens is 2. The number of benzene rings is 3. The van der Waals surface area contributed by atoms with Gasteiger partial charge in [-0.1, -0.05) is 67.4 Å². The monoisotopic (exact) mass is 597 g/mol. The summed E-state index contributed by atoms with van der Waals surface area (Å²) in [4.78, 5) is 29.1. The number of rotatable bonds is 13. The van der Waals surface area contributed by atoms with Gasteiger partial charge in [-0.2, -0.15) is 0 Å². The average molecular weight is 598 g/mol. The molecule has 0 heterocycles. The van der Waals surface area contributed by atoms with Crippen LogP contribution in [0.5, 0.6) is 0 Å². The van der Waals surface area contributed by atoms with Gasteiger partial charge in [0.1, 0.15) is 17.7 Å². The number of carbonyl (C=O) groups excluding carboxylic acids is 2. The molecule has 0 unspecified atom stereocenters. The molecular weight excluding hydrogens is 560 g/mol. The van der Waals surface area contributed by atoms with Gasteiger partial charge in [0.25, 0.3) is 0 Å². The molecule has 1 aliphatic rings. The second-order valence-corrected chi connectivity index (χ2v) is 12.6. The van der Waals surface area contributed by atoms with E-state index in [2.05, 4.69) is 5.32 Å². The lowest BCUT2D eigenvalue weighted by atomic mass is 10.0. The summed E-state index contributed by atoms with van der Waals surface area (Å²) in [6.45, 7) is -0.0503. The largest absolute Gasteiger partial charge is 0.352 e. The van der Waals surface area contributed by atoms with Crippen molar-refractivity contribution in [1.82, 2.24) is 10.2 Å². The van der Waals surface area contributed by atoms with Gasteiger partial charge in [0.05, 0.1) is 11.9 Å². The minimum absolute atomic E-state index is 0.0441. The first-order chi connectivity index (χ1) is 20.1. The molecule has 7 nitrogen and oxygen atoms in total. The molecule has 1 N–H and O–H groups in total. The first kappa shape index (κ1) is 31.2. The summed E-state index contributed by atoms with van der Waals surface area (Å²) in [5.41, 5.74) is 1.44. The molecule has 0 aromatic heterocycles. The predicted molar refractivity (Wildman–Crippen MR) is 159 cm³/mol. The van der Waals surface area contributed by atoms with Crippen LogP contribution in [0.2, 0.25) is 0 Å². The van der Waals surface area contributed by atoms with E-state index in [0.29, 0.717) is 5.56 Å². The van der Waals surface area contributed by atoms with Crippen molar-refractivity contribution in [3.8, 4) is 0 Å². The fraction of sp³-hybridized carbons (Fsp3) is 0.375. The van der Waals surface area contributed by atoms with Crippen molar-refractivity contribution in [3.05, 3.63) is 102 Å². The Kier molecular flexibility index (Phi) is 10.7. The standard InChI is InChI=1S/C32H37F2N3O4S/c1-42(40,41)37(29-15-8-7-14-28(29)34)21-9-16-31(38)36(23-25-17-19-26(33)20-18-25)30(22-24-10-3-2-4-11-24)32(39)35-27-12-5-6-13-27/h2-4,7-8,10-11,14-15,17-20,27,30H,5-6,9,12-13,16,21-23H2,1H3,(H,35,39)/t30-/m0/s1. The Bertz CT molecular complexity index is 1450. The second kappa shape index (κ2) is 14.4. The van der Waals surface area contributed by atoms with Crippen LogP contribution in [-0.2, 0) is 32.6 Å². The van der Waals surface area contributed by atoms with Gasteiger partial charge in [-0.25, -0.2) is 17.2 Å². The maximum atomic E-state index is 14.5. The van der Waals surface area contributed by atoms with E-state index >= 15 is 0 Å².